The van der Waals surface area contributed by atoms with Gasteiger partial charge < -0.3 is 14.4 Å². The fraction of sp³-hybridized carbons (Fsp3) is 0.533. The normalized spacial score (nSPS) is 25.4. The molecule has 2 aliphatic rings. The summed E-state index contributed by atoms with van der Waals surface area (Å²) in [6.45, 7) is 3.45. The van der Waals surface area contributed by atoms with Gasteiger partial charge in [-0.3, -0.25) is 4.79 Å². The lowest BCUT2D eigenvalue weighted by Gasteiger charge is -2.34. The van der Waals surface area contributed by atoms with Crippen LogP contribution in [0.2, 0.25) is 0 Å². The van der Waals surface area contributed by atoms with Crippen molar-refractivity contribution in [3.63, 3.8) is 0 Å². The standard InChI is InChI=1S/C15H19NO3/c1-11-4-2-3-5-14(11)19-10-15(17)16-12-6-7-13(16)9-18-8-12/h2-5,12-13H,6-10H2,1H3/t12-,13-/m0/s1. The van der Waals surface area contributed by atoms with Gasteiger partial charge in [-0.1, -0.05) is 18.2 Å². The van der Waals surface area contributed by atoms with Crippen LogP contribution in [0.5, 0.6) is 5.75 Å². The molecule has 0 N–H and O–H groups in total. The Kier molecular flexibility index (Phi) is 3.42. The van der Waals surface area contributed by atoms with E-state index in [9.17, 15) is 4.79 Å². The zero-order valence-electron chi connectivity index (χ0n) is 11.2. The fourth-order valence-corrected chi connectivity index (χ4v) is 2.97. The molecule has 2 bridgehead atoms. The Hall–Kier alpha value is -1.55. The molecule has 0 unspecified atom stereocenters. The summed E-state index contributed by atoms with van der Waals surface area (Å²) < 4.78 is 11.1. The van der Waals surface area contributed by atoms with Crippen molar-refractivity contribution in [1.29, 1.82) is 0 Å². The number of aryl methyl sites for hydroxylation is 1. The summed E-state index contributed by atoms with van der Waals surface area (Å²) in [5, 5.41) is 0. The van der Waals surface area contributed by atoms with Crippen molar-refractivity contribution < 1.29 is 14.3 Å². The second-order valence-corrected chi connectivity index (χ2v) is 5.28. The van der Waals surface area contributed by atoms with Crippen LogP contribution in [0, 0.1) is 6.92 Å². The Morgan fingerprint density at radius 3 is 2.68 bits per heavy atom. The maximum absolute atomic E-state index is 12.3. The van der Waals surface area contributed by atoms with Crippen molar-refractivity contribution in [2.45, 2.75) is 31.8 Å². The lowest BCUT2D eigenvalue weighted by atomic mass is 10.2. The molecular weight excluding hydrogens is 242 g/mol. The van der Waals surface area contributed by atoms with Gasteiger partial charge in [0.2, 0.25) is 0 Å². The number of morpholine rings is 1. The highest BCUT2D eigenvalue weighted by atomic mass is 16.5. The molecule has 0 radical (unpaired) electrons. The van der Waals surface area contributed by atoms with Crippen molar-refractivity contribution in [3.8, 4) is 5.75 Å². The number of carbonyl (C=O) groups excluding carboxylic acids is 1. The minimum Gasteiger partial charge on any atom is -0.484 e. The minimum absolute atomic E-state index is 0.0825. The number of rotatable bonds is 3. The quantitative estimate of drug-likeness (QED) is 0.832. The van der Waals surface area contributed by atoms with Crippen LogP contribution in [0.15, 0.2) is 24.3 Å². The van der Waals surface area contributed by atoms with Gasteiger partial charge in [0, 0.05) is 0 Å². The van der Waals surface area contributed by atoms with E-state index in [4.69, 9.17) is 9.47 Å². The average molecular weight is 261 g/mol. The molecule has 0 spiro atoms. The van der Waals surface area contributed by atoms with Gasteiger partial charge in [0.05, 0.1) is 25.3 Å². The summed E-state index contributed by atoms with van der Waals surface area (Å²) in [4.78, 5) is 14.3. The Labute approximate surface area is 113 Å². The Morgan fingerprint density at radius 2 is 2.00 bits per heavy atom. The highest BCUT2D eigenvalue weighted by molar-refractivity contribution is 5.79. The molecule has 1 aromatic carbocycles. The number of benzene rings is 1. The topological polar surface area (TPSA) is 38.8 Å². The maximum Gasteiger partial charge on any atom is 0.261 e. The number of nitrogens with zero attached hydrogens (tertiary/aromatic N) is 1. The van der Waals surface area contributed by atoms with E-state index < -0.39 is 0 Å². The molecule has 0 saturated carbocycles. The summed E-state index contributed by atoms with van der Waals surface area (Å²) in [7, 11) is 0. The van der Waals surface area contributed by atoms with Crippen molar-refractivity contribution in [2.24, 2.45) is 0 Å². The molecular formula is C15H19NO3. The van der Waals surface area contributed by atoms with Gasteiger partial charge in [0.15, 0.2) is 6.61 Å². The highest BCUT2D eigenvalue weighted by Crippen LogP contribution is 2.29. The number of hydrogen-bond acceptors (Lipinski definition) is 3. The third-order valence-corrected chi connectivity index (χ3v) is 3.97. The lowest BCUT2D eigenvalue weighted by Crippen LogP contribution is -2.50. The molecule has 1 aromatic rings. The number of hydrogen-bond donors (Lipinski definition) is 0. The number of para-hydroxylation sites is 1. The maximum atomic E-state index is 12.3. The van der Waals surface area contributed by atoms with Crippen LogP contribution in [-0.4, -0.2) is 42.7 Å². The first-order valence-electron chi connectivity index (χ1n) is 6.83. The first-order valence-corrected chi connectivity index (χ1v) is 6.83. The second-order valence-electron chi connectivity index (χ2n) is 5.28. The van der Waals surface area contributed by atoms with Crippen LogP contribution < -0.4 is 4.74 Å². The van der Waals surface area contributed by atoms with Gasteiger partial charge in [-0.2, -0.15) is 0 Å². The van der Waals surface area contributed by atoms with Crippen molar-refractivity contribution in [2.75, 3.05) is 19.8 Å². The molecule has 4 nitrogen and oxygen atoms in total. The smallest absolute Gasteiger partial charge is 0.261 e. The number of fused-ring (bicyclic) bond motifs is 2. The summed E-state index contributed by atoms with van der Waals surface area (Å²) in [6.07, 6.45) is 2.11. The van der Waals surface area contributed by atoms with Crippen molar-refractivity contribution in [1.82, 2.24) is 4.90 Å². The van der Waals surface area contributed by atoms with Crippen LogP contribution in [-0.2, 0) is 9.53 Å². The minimum atomic E-state index is 0.0825. The SMILES string of the molecule is Cc1ccccc1OCC(=O)N1[C@H]2CC[C@H]1COC2. The molecule has 102 valence electrons. The number of ether oxygens (including phenoxy) is 2. The summed E-state index contributed by atoms with van der Waals surface area (Å²) >= 11 is 0. The molecule has 2 fully saturated rings. The van der Waals surface area contributed by atoms with Gasteiger partial charge in [-0.15, -0.1) is 0 Å². The fourth-order valence-electron chi connectivity index (χ4n) is 2.97. The molecule has 0 aromatic heterocycles. The van der Waals surface area contributed by atoms with Crippen LogP contribution in [0.4, 0.5) is 0 Å². The molecule has 2 heterocycles. The first kappa shape index (κ1) is 12.5. The van der Waals surface area contributed by atoms with E-state index >= 15 is 0 Å². The van der Waals surface area contributed by atoms with Gasteiger partial charge in [-0.05, 0) is 31.4 Å². The molecule has 0 aliphatic carbocycles. The largest absolute Gasteiger partial charge is 0.484 e. The molecule has 2 saturated heterocycles. The monoisotopic (exact) mass is 261 g/mol. The van der Waals surface area contributed by atoms with E-state index in [1.54, 1.807) is 0 Å². The zero-order valence-corrected chi connectivity index (χ0v) is 11.2. The highest BCUT2D eigenvalue weighted by Gasteiger charge is 2.40. The molecule has 2 atom stereocenters. The number of carbonyl (C=O) groups is 1. The predicted octanol–water partition coefficient (Wildman–Crippen LogP) is 1.76. The van der Waals surface area contributed by atoms with Crippen LogP contribution in [0.1, 0.15) is 18.4 Å². The average Bonchev–Trinajstić information content (AvgIpc) is 2.67. The van der Waals surface area contributed by atoms with Gasteiger partial charge in [-0.25, -0.2) is 0 Å². The second kappa shape index (κ2) is 5.21. The van der Waals surface area contributed by atoms with E-state index in [-0.39, 0.29) is 24.6 Å². The predicted molar refractivity (Wildman–Crippen MR) is 71.1 cm³/mol. The summed E-state index contributed by atoms with van der Waals surface area (Å²) in [6, 6.07) is 8.28. The van der Waals surface area contributed by atoms with Crippen LogP contribution >= 0.6 is 0 Å². The summed E-state index contributed by atoms with van der Waals surface area (Å²) in [5.41, 5.74) is 1.06. The van der Waals surface area contributed by atoms with E-state index in [2.05, 4.69) is 0 Å². The Balaban J connectivity index is 1.62. The molecule has 3 rings (SSSR count). The number of amides is 1. The molecule has 1 amide bonds. The zero-order chi connectivity index (χ0) is 13.2. The molecule has 19 heavy (non-hydrogen) atoms. The molecule has 2 aliphatic heterocycles. The van der Waals surface area contributed by atoms with E-state index in [1.165, 1.54) is 0 Å². The van der Waals surface area contributed by atoms with Gasteiger partial charge >= 0.3 is 0 Å². The van der Waals surface area contributed by atoms with Gasteiger partial charge in [0.25, 0.3) is 5.91 Å². The summed E-state index contributed by atoms with van der Waals surface area (Å²) in [5.74, 6) is 0.871. The van der Waals surface area contributed by atoms with E-state index in [1.807, 2.05) is 36.1 Å². The van der Waals surface area contributed by atoms with E-state index in [0.717, 1.165) is 24.2 Å². The van der Waals surface area contributed by atoms with Gasteiger partial charge in [0.1, 0.15) is 5.75 Å². The first-order chi connectivity index (χ1) is 9.25. The third kappa shape index (κ3) is 2.45. The molecule has 4 heteroatoms. The van der Waals surface area contributed by atoms with Crippen molar-refractivity contribution >= 4 is 5.91 Å². The lowest BCUT2D eigenvalue weighted by molar-refractivity contribution is -0.143. The van der Waals surface area contributed by atoms with Crippen LogP contribution in [0.3, 0.4) is 0 Å². The van der Waals surface area contributed by atoms with Crippen LogP contribution in [0.25, 0.3) is 0 Å². The third-order valence-electron chi connectivity index (χ3n) is 3.97. The Morgan fingerprint density at radius 1 is 1.32 bits per heavy atom. The Bertz CT molecular complexity index is 458. The van der Waals surface area contributed by atoms with Crippen molar-refractivity contribution in [3.05, 3.63) is 29.8 Å². The van der Waals surface area contributed by atoms with E-state index in [0.29, 0.717) is 13.2 Å².